The average molecular weight is 368 g/mol. The second kappa shape index (κ2) is 9.31. The van der Waals surface area contributed by atoms with Gasteiger partial charge >= 0.3 is 0 Å². The van der Waals surface area contributed by atoms with Crippen LogP contribution in [0.2, 0.25) is 0 Å². The van der Waals surface area contributed by atoms with E-state index in [0.29, 0.717) is 19.0 Å². The van der Waals surface area contributed by atoms with Crippen molar-refractivity contribution in [3.8, 4) is 0 Å². The molecule has 1 aliphatic heterocycles. The standard InChI is InChI=1S/C22H25FN2O2/c23-20-9-5-4-8-19(20)22(27)24-16-21(26)25-14-12-18(13-15-25)11-10-17-6-2-1-3-7-17/h1-9,18H,10-16H2,(H,24,27). The van der Waals surface area contributed by atoms with Crippen LogP contribution in [0.4, 0.5) is 4.39 Å². The zero-order chi connectivity index (χ0) is 19.1. The molecule has 0 bridgehead atoms. The Balaban J connectivity index is 1.39. The first kappa shape index (κ1) is 19.1. The van der Waals surface area contributed by atoms with E-state index in [1.165, 1.54) is 23.8 Å². The van der Waals surface area contributed by atoms with Gasteiger partial charge in [-0.3, -0.25) is 9.59 Å². The van der Waals surface area contributed by atoms with Crippen molar-refractivity contribution in [2.45, 2.75) is 25.7 Å². The average Bonchev–Trinajstić information content (AvgIpc) is 2.72. The van der Waals surface area contributed by atoms with E-state index >= 15 is 0 Å². The van der Waals surface area contributed by atoms with Crippen LogP contribution >= 0.6 is 0 Å². The highest BCUT2D eigenvalue weighted by Crippen LogP contribution is 2.22. The van der Waals surface area contributed by atoms with E-state index in [0.717, 1.165) is 25.7 Å². The van der Waals surface area contributed by atoms with Crippen LogP contribution in [0.5, 0.6) is 0 Å². The van der Waals surface area contributed by atoms with Crippen molar-refractivity contribution in [2.24, 2.45) is 5.92 Å². The molecular weight excluding hydrogens is 343 g/mol. The highest BCUT2D eigenvalue weighted by molar-refractivity contribution is 5.96. The molecule has 1 heterocycles. The van der Waals surface area contributed by atoms with Gasteiger partial charge in [0.25, 0.3) is 5.91 Å². The Morgan fingerprint density at radius 3 is 2.37 bits per heavy atom. The van der Waals surface area contributed by atoms with Gasteiger partial charge < -0.3 is 10.2 Å². The third-order valence-electron chi connectivity index (χ3n) is 5.17. The van der Waals surface area contributed by atoms with Gasteiger partial charge in [-0.25, -0.2) is 4.39 Å². The molecule has 27 heavy (non-hydrogen) atoms. The first-order valence-electron chi connectivity index (χ1n) is 9.48. The molecule has 1 aliphatic rings. The first-order chi connectivity index (χ1) is 13.1. The molecule has 0 saturated carbocycles. The van der Waals surface area contributed by atoms with Gasteiger partial charge in [0.05, 0.1) is 12.1 Å². The minimum Gasteiger partial charge on any atom is -0.343 e. The molecule has 1 saturated heterocycles. The Labute approximate surface area is 159 Å². The van der Waals surface area contributed by atoms with Gasteiger partial charge in [-0.15, -0.1) is 0 Å². The third-order valence-corrected chi connectivity index (χ3v) is 5.17. The maximum absolute atomic E-state index is 13.6. The quantitative estimate of drug-likeness (QED) is 0.849. The highest BCUT2D eigenvalue weighted by Gasteiger charge is 2.23. The summed E-state index contributed by atoms with van der Waals surface area (Å²) in [6, 6.07) is 16.2. The van der Waals surface area contributed by atoms with Crippen LogP contribution < -0.4 is 5.32 Å². The fraction of sp³-hybridized carbons (Fsp3) is 0.364. The molecule has 0 aliphatic carbocycles. The number of aryl methyl sites for hydroxylation is 1. The second-order valence-corrected chi connectivity index (χ2v) is 7.01. The van der Waals surface area contributed by atoms with E-state index in [2.05, 4.69) is 29.6 Å². The Morgan fingerprint density at radius 2 is 1.67 bits per heavy atom. The summed E-state index contributed by atoms with van der Waals surface area (Å²) in [4.78, 5) is 26.1. The van der Waals surface area contributed by atoms with Crippen molar-refractivity contribution in [1.82, 2.24) is 10.2 Å². The number of piperidine rings is 1. The SMILES string of the molecule is O=C(NCC(=O)N1CCC(CCc2ccccc2)CC1)c1ccccc1F. The van der Waals surface area contributed by atoms with Gasteiger partial charge in [0.2, 0.25) is 5.91 Å². The van der Waals surface area contributed by atoms with E-state index < -0.39 is 11.7 Å². The number of carbonyl (C=O) groups is 2. The molecule has 5 heteroatoms. The summed E-state index contributed by atoms with van der Waals surface area (Å²) in [6.45, 7) is 1.34. The molecule has 0 spiro atoms. The molecule has 2 amide bonds. The lowest BCUT2D eigenvalue weighted by Gasteiger charge is -2.32. The molecule has 1 N–H and O–H groups in total. The van der Waals surface area contributed by atoms with E-state index in [1.807, 2.05) is 6.07 Å². The van der Waals surface area contributed by atoms with E-state index in [9.17, 15) is 14.0 Å². The van der Waals surface area contributed by atoms with Gasteiger partial charge in [0.1, 0.15) is 5.82 Å². The molecule has 0 atom stereocenters. The maximum Gasteiger partial charge on any atom is 0.254 e. The number of rotatable bonds is 6. The number of hydrogen-bond donors (Lipinski definition) is 1. The van der Waals surface area contributed by atoms with Crippen molar-refractivity contribution >= 4 is 11.8 Å². The van der Waals surface area contributed by atoms with E-state index in [1.54, 1.807) is 11.0 Å². The molecule has 2 aromatic carbocycles. The minimum absolute atomic E-state index is 0.0371. The van der Waals surface area contributed by atoms with Gasteiger partial charge in [0.15, 0.2) is 0 Å². The summed E-state index contributed by atoms with van der Waals surface area (Å²) < 4.78 is 13.6. The van der Waals surface area contributed by atoms with Crippen molar-refractivity contribution < 1.29 is 14.0 Å². The summed E-state index contributed by atoms with van der Waals surface area (Å²) in [5.74, 6) is -0.621. The summed E-state index contributed by atoms with van der Waals surface area (Å²) >= 11 is 0. The molecule has 0 radical (unpaired) electrons. The van der Waals surface area contributed by atoms with Gasteiger partial charge in [-0.05, 0) is 49.3 Å². The van der Waals surface area contributed by atoms with Crippen LogP contribution in [-0.4, -0.2) is 36.3 Å². The fourth-order valence-electron chi connectivity index (χ4n) is 3.49. The smallest absolute Gasteiger partial charge is 0.254 e. The summed E-state index contributed by atoms with van der Waals surface area (Å²) in [5, 5.41) is 2.52. The topological polar surface area (TPSA) is 49.4 Å². The van der Waals surface area contributed by atoms with Crippen LogP contribution in [0, 0.1) is 11.7 Å². The Morgan fingerprint density at radius 1 is 1.00 bits per heavy atom. The number of amides is 2. The van der Waals surface area contributed by atoms with E-state index in [-0.39, 0.29) is 18.0 Å². The predicted octanol–water partition coefficient (Wildman–Crippen LogP) is 3.43. The zero-order valence-corrected chi connectivity index (χ0v) is 15.4. The number of nitrogens with zero attached hydrogens (tertiary/aromatic N) is 1. The van der Waals surface area contributed by atoms with Crippen molar-refractivity contribution in [3.63, 3.8) is 0 Å². The predicted molar refractivity (Wildman–Crippen MR) is 103 cm³/mol. The minimum atomic E-state index is -0.582. The van der Waals surface area contributed by atoms with Crippen LogP contribution in [0.1, 0.15) is 35.2 Å². The largest absolute Gasteiger partial charge is 0.343 e. The van der Waals surface area contributed by atoms with Crippen LogP contribution in [0.15, 0.2) is 54.6 Å². The van der Waals surface area contributed by atoms with Crippen molar-refractivity contribution in [1.29, 1.82) is 0 Å². The number of nitrogens with one attached hydrogen (secondary N) is 1. The molecule has 3 rings (SSSR count). The van der Waals surface area contributed by atoms with Crippen molar-refractivity contribution in [3.05, 3.63) is 71.5 Å². The van der Waals surface area contributed by atoms with E-state index in [4.69, 9.17) is 0 Å². The molecule has 4 nitrogen and oxygen atoms in total. The lowest BCUT2D eigenvalue weighted by Crippen LogP contribution is -2.44. The van der Waals surface area contributed by atoms with Gasteiger partial charge in [-0.1, -0.05) is 42.5 Å². The van der Waals surface area contributed by atoms with Gasteiger partial charge in [-0.2, -0.15) is 0 Å². The molecule has 142 valence electrons. The normalized spacial score (nSPS) is 14.8. The molecule has 0 unspecified atom stereocenters. The lowest BCUT2D eigenvalue weighted by atomic mass is 9.90. The monoisotopic (exact) mass is 368 g/mol. The Bertz CT molecular complexity index is 771. The zero-order valence-electron chi connectivity index (χ0n) is 15.4. The Kier molecular flexibility index (Phi) is 6.58. The van der Waals surface area contributed by atoms with Crippen molar-refractivity contribution in [2.75, 3.05) is 19.6 Å². The van der Waals surface area contributed by atoms with Crippen LogP contribution in [0.25, 0.3) is 0 Å². The fourth-order valence-corrected chi connectivity index (χ4v) is 3.49. The summed E-state index contributed by atoms with van der Waals surface area (Å²) in [6.07, 6.45) is 4.17. The molecule has 0 aromatic heterocycles. The molecular formula is C22H25FN2O2. The number of halogens is 1. The summed E-state index contributed by atoms with van der Waals surface area (Å²) in [7, 11) is 0. The maximum atomic E-state index is 13.6. The van der Waals surface area contributed by atoms with Crippen LogP contribution in [-0.2, 0) is 11.2 Å². The molecule has 1 fully saturated rings. The summed E-state index contributed by atoms with van der Waals surface area (Å²) in [5.41, 5.74) is 1.32. The first-order valence-corrected chi connectivity index (χ1v) is 9.48. The number of carbonyl (C=O) groups excluding carboxylic acids is 2. The number of hydrogen-bond acceptors (Lipinski definition) is 2. The Hall–Kier alpha value is -2.69. The number of benzene rings is 2. The second-order valence-electron chi connectivity index (χ2n) is 7.01. The lowest BCUT2D eigenvalue weighted by molar-refractivity contribution is -0.131. The van der Waals surface area contributed by atoms with Gasteiger partial charge in [0, 0.05) is 13.1 Å². The molecule has 2 aromatic rings. The third kappa shape index (κ3) is 5.39. The number of likely N-dealkylation sites (tertiary alicyclic amines) is 1. The van der Waals surface area contributed by atoms with Crippen LogP contribution in [0.3, 0.4) is 0 Å². The highest BCUT2D eigenvalue weighted by atomic mass is 19.1.